The zero-order valence-corrected chi connectivity index (χ0v) is 14.2. The number of nitrogens with zero attached hydrogens (tertiary/aromatic N) is 4. The molecule has 0 radical (unpaired) electrons. The van der Waals surface area contributed by atoms with Crippen molar-refractivity contribution in [2.24, 2.45) is 7.05 Å². The van der Waals surface area contributed by atoms with Gasteiger partial charge in [0.1, 0.15) is 5.60 Å². The Morgan fingerprint density at radius 3 is 2.43 bits per heavy atom. The summed E-state index contributed by atoms with van der Waals surface area (Å²) < 4.78 is 3.37. The molecule has 0 aliphatic heterocycles. The predicted octanol–water partition coefficient (Wildman–Crippen LogP) is 1.40. The SMILES string of the molecule is Cn1cc(C(C)(O)CNC(=O)Nc2cnn(C(C)(C)C)c2)cn1. The van der Waals surface area contributed by atoms with E-state index < -0.39 is 11.6 Å². The smallest absolute Gasteiger partial charge is 0.319 e. The third-order valence-corrected chi connectivity index (χ3v) is 3.45. The van der Waals surface area contributed by atoms with Crippen LogP contribution in [-0.4, -0.2) is 37.2 Å². The van der Waals surface area contributed by atoms with E-state index in [1.807, 2.05) is 20.8 Å². The lowest BCUT2D eigenvalue weighted by Gasteiger charge is -2.22. The molecule has 1 unspecified atom stereocenters. The molecule has 0 bridgehead atoms. The van der Waals surface area contributed by atoms with Gasteiger partial charge in [-0.3, -0.25) is 9.36 Å². The van der Waals surface area contributed by atoms with E-state index in [-0.39, 0.29) is 12.1 Å². The number of aliphatic hydroxyl groups is 1. The average Bonchev–Trinajstić information content (AvgIpc) is 3.05. The van der Waals surface area contributed by atoms with Crippen LogP contribution in [0.2, 0.25) is 0 Å². The fourth-order valence-corrected chi connectivity index (χ4v) is 1.98. The summed E-state index contributed by atoms with van der Waals surface area (Å²) in [6, 6.07) is -0.400. The summed E-state index contributed by atoms with van der Waals surface area (Å²) in [6.45, 7) is 7.76. The molecule has 0 saturated heterocycles. The molecular weight excluding hydrogens is 296 g/mol. The van der Waals surface area contributed by atoms with Crippen molar-refractivity contribution in [3.8, 4) is 0 Å². The lowest BCUT2D eigenvalue weighted by molar-refractivity contribution is 0.0599. The molecule has 23 heavy (non-hydrogen) atoms. The van der Waals surface area contributed by atoms with Crippen molar-refractivity contribution >= 4 is 11.7 Å². The van der Waals surface area contributed by atoms with Gasteiger partial charge >= 0.3 is 6.03 Å². The highest BCUT2D eigenvalue weighted by Crippen LogP contribution is 2.19. The summed E-state index contributed by atoms with van der Waals surface area (Å²) in [7, 11) is 1.77. The van der Waals surface area contributed by atoms with E-state index >= 15 is 0 Å². The van der Waals surface area contributed by atoms with Gasteiger partial charge in [-0.1, -0.05) is 0 Å². The van der Waals surface area contributed by atoms with Crippen LogP contribution < -0.4 is 10.6 Å². The lowest BCUT2D eigenvalue weighted by atomic mass is 10.00. The standard InChI is InChI=1S/C15H24N6O2/c1-14(2,3)21-9-12(7-18-21)19-13(22)16-10-15(4,23)11-6-17-20(5)8-11/h6-9,23H,10H2,1-5H3,(H2,16,19,22). The fourth-order valence-electron chi connectivity index (χ4n) is 1.98. The van der Waals surface area contributed by atoms with Crippen molar-refractivity contribution in [1.82, 2.24) is 24.9 Å². The van der Waals surface area contributed by atoms with Crippen molar-refractivity contribution in [2.75, 3.05) is 11.9 Å². The van der Waals surface area contributed by atoms with Crippen LogP contribution in [0.4, 0.5) is 10.5 Å². The molecule has 0 aliphatic carbocycles. The number of aryl methyl sites for hydroxylation is 1. The Balaban J connectivity index is 1.91. The van der Waals surface area contributed by atoms with Crippen LogP contribution >= 0.6 is 0 Å². The van der Waals surface area contributed by atoms with E-state index in [4.69, 9.17) is 0 Å². The Kier molecular flexibility index (Phi) is 4.46. The van der Waals surface area contributed by atoms with Gasteiger partial charge in [0.15, 0.2) is 0 Å². The number of hydrogen-bond donors (Lipinski definition) is 3. The maximum Gasteiger partial charge on any atom is 0.319 e. The first-order valence-electron chi connectivity index (χ1n) is 7.39. The average molecular weight is 320 g/mol. The van der Waals surface area contributed by atoms with E-state index in [1.165, 1.54) is 0 Å². The van der Waals surface area contributed by atoms with Gasteiger partial charge in [-0.2, -0.15) is 10.2 Å². The Morgan fingerprint density at radius 2 is 1.91 bits per heavy atom. The zero-order valence-electron chi connectivity index (χ0n) is 14.2. The summed E-state index contributed by atoms with van der Waals surface area (Å²) in [4.78, 5) is 12.0. The molecular formula is C15H24N6O2. The number of carbonyl (C=O) groups is 1. The number of nitrogens with one attached hydrogen (secondary N) is 2. The van der Waals surface area contributed by atoms with E-state index in [1.54, 1.807) is 48.1 Å². The van der Waals surface area contributed by atoms with Crippen molar-refractivity contribution < 1.29 is 9.90 Å². The summed E-state index contributed by atoms with van der Waals surface area (Å²) in [5, 5.41) is 24.0. The van der Waals surface area contributed by atoms with Gasteiger partial charge in [-0.15, -0.1) is 0 Å². The van der Waals surface area contributed by atoms with E-state index in [2.05, 4.69) is 20.8 Å². The number of aromatic nitrogens is 4. The highest BCUT2D eigenvalue weighted by atomic mass is 16.3. The fraction of sp³-hybridized carbons (Fsp3) is 0.533. The van der Waals surface area contributed by atoms with E-state index in [0.29, 0.717) is 11.3 Å². The molecule has 2 rings (SSSR count). The number of anilines is 1. The first-order valence-corrected chi connectivity index (χ1v) is 7.39. The van der Waals surface area contributed by atoms with Gasteiger partial charge in [0.05, 0.1) is 30.2 Å². The number of amides is 2. The summed E-state index contributed by atoms with van der Waals surface area (Å²) >= 11 is 0. The maximum absolute atomic E-state index is 12.0. The molecule has 0 aromatic carbocycles. The minimum absolute atomic E-state index is 0.0674. The zero-order chi connectivity index (χ0) is 17.3. The molecule has 3 N–H and O–H groups in total. The Morgan fingerprint density at radius 1 is 1.22 bits per heavy atom. The van der Waals surface area contributed by atoms with Crippen LogP contribution in [0.1, 0.15) is 33.3 Å². The third kappa shape index (κ3) is 4.32. The summed E-state index contributed by atoms with van der Waals surface area (Å²) in [6.07, 6.45) is 6.64. The predicted molar refractivity (Wildman–Crippen MR) is 87.0 cm³/mol. The second-order valence-electron chi connectivity index (χ2n) is 6.83. The third-order valence-electron chi connectivity index (χ3n) is 3.45. The largest absolute Gasteiger partial charge is 0.383 e. The highest BCUT2D eigenvalue weighted by Gasteiger charge is 2.25. The molecule has 8 heteroatoms. The minimum atomic E-state index is -1.19. The van der Waals surface area contributed by atoms with Gasteiger partial charge < -0.3 is 15.7 Å². The maximum atomic E-state index is 12.0. The van der Waals surface area contributed by atoms with Crippen LogP contribution in [0.25, 0.3) is 0 Å². The molecule has 8 nitrogen and oxygen atoms in total. The normalized spacial score (nSPS) is 14.3. The molecule has 0 spiro atoms. The quantitative estimate of drug-likeness (QED) is 0.793. The van der Waals surface area contributed by atoms with Gasteiger partial charge in [0.25, 0.3) is 0 Å². The van der Waals surface area contributed by atoms with E-state index in [0.717, 1.165) is 0 Å². The van der Waals surface area contributed by atoms with Crippen molar-refractivity contribution in [1.29, 1.82) is 0 Å². The summed E-state index contributed by atoms with van der Waals surface area (Å²) in [5.74, 6) is 0. The topological polar surface area (TPSA) is 97.0 Å². The van der Waals surface area contributed by atoms with Gasteiger partial charge in [0.2, 0.25) is 0 Å². The second kappa shape index (κ2) is 6.04. The molecule has 0 fully saturated rings. The lowest BCUT2D eigenvalue weighted by Crippen LogP contribution is -2.40. The van der Waals surface area contributed by atoms with Gasteiger partial charge in [0, 0.05) is 25.0 Å². The van der Waals surface area contributed by atoms with Crippen molar-refractivity contribution in [3.05, 3.63) is 30.4 Å². The highest BCUT2D eigenvalue weighted by molar-refractivity contribution is 5.88. The van der Waals surface area contributed by atoms with Crippen LogP contribution in [-0.2, 0) is 18.2 Å². The molecule has 0 saturated carbocycles. The first kappa shape index (κ1) is 17.0. The molecule has 2 aromatic rings. The molecule has 1 atom stereocenters. The van der Waals surface area contributed by atoms with Crippen LogP contribution in [0.3, 0.4) is 0 Å². The second-order valence-corrected chi connectivity index (χ2v) is 6.83. The van der Waals surface area contributed by atoms with Crippen molar-refractivity contribution in [2.45, 2.75) is 38.8 Å². The molecule has 126 valence electrons. The van der Waals surface area contributed by atoms with E-state index in [9.17, 15) is 9.90 Å². The van der Waals surface area contributed by atoms with Crippen LogP contribution in [0.15, 0.2) is 24.8 Å². The minimum Gasteiger partial charge on any atom is -0.383 e. The van der Waals surface area contributed by atoms with Crippen LogP contribution in [0.5, 0.6) is 0 Å². The first-order chi connectivity index (χ1) is 10.6. The van der Waals surface area contributed by atoms with Crippen molar-refractivity contribution in [3.63, 3.8) is 0 Å². The molecule has 2 heterocycles. The summed E-state index contributed by atoms with van der Waals surface area (Å²) in [5.41, 5.74) is -0.110. The Hall–Kier alpha value is -2.35. The molecule has 2 aromatic heterocycles. The molecule has 0 aliphatic rings. The Labute approximate surface area is 135 Å². The van der Waals surface area contributed by atoms with Gasteiger partial charge in [-0.25, -0.2) is 4.79 Å². The number of urea groups is 1. The van der Waals surface area contributed by atoms with Crippen LogP contribution in [0, 0.1) is 0 Å². The monoisotopic (exact) mass is 320 g/mol. The Bertz CT molecular complexity index is 680. The molecule has 2 amide bonds. The number of carbonyl (C=O) groups excluding carboxylic acids is 1. The van der Waals surface area contributed by atoms with Gasteiger partial charge in [-0.05, 0) is 27.7 Å². The number of hydrogen-bond acceptors (Lipinski definition) is 4. The number of rotatable bonds is 4.